The summed E-state index contributed by atoms with van der Waals surface area (Å²) in [4.78, 5) is 23.5. The predicted molar refractivity (Wildman–Crippen MR) is 71.5 cm³/mol. The number of hydrogen-bond donors (Lipinski definition) is 1. The van der Waals surface area contributed by atoms with Gasteiger partial charge in [0.2, 0.25) is 0 Å². The Balaban J connectivity index is 2.40. The molecule has 0 unspecified atom stereocenters. The Morgan fingerprint density at radius 1 is 1.17 bits per heavy atom. The minimum Gasteiger partial charge on any atom is -0.365 e. The van der Waals surface area contributed by atoms with Gasteiger partial charge in [0.1, 0.15) is 0 Å². The molecule has 1 aromatic carbocycles. The van der Waals surface area contributed by atoms with Crippen molar-refractivity contribution in [1.29, 1.82) is 0 Å². The van der Waals surface area contributed by atoms with Gasteiger partial charge in [-0.3, -0.25) is 9.59 Å². The number of nitrogens with two attached hydrogens (primary N) is 1. The third kappa shape index (κ3) is 2.18. The molecule has 0 aliphatic heterocycles. The monoisotopic (exact) mass is 263 g/mol. The van der Waals surface area contributed by atoms with Gasteiger partial charge in [0.05, 0.1) is 5.57 Å². The molecule has 3 nitrogen and oxygen atoms in total. The van der Waals surface area contributed by atoms with E-state index in [9.17, 15) is 9.59 Å². The lowest BCUT2D eigenvalue weighted by molar-refractivity contribution is -0.114. The van der Waals surface area contributed by atoms with Crippen molar-refractivity contribution in [1.82, 2.24) is 0 Å². The molecule has 0 saturated heterocycles. The van der Waals surface area contributed by atoms with Crippen molar-refractivity contribution in [3.8, 4) is 0 Å². The average molecular weight is 264 g/mol. The number of amides is 1. The molecule has 1 aromatic rings. The summed E-state index contributed by atoms with van der Waals surface area (Å²) in [5.41, 5.74) is 7.65. The second-order valence-electron chi connectivity index (χ2n) is 4.24. The normalized spacial score (nSPS) is 13.9. The van der Waals surface area contributed by atoms with Gasteiger partial charge in [0.25, 0.3) is 5.91 Å². The topological polar surface area (TPSA) is 60.2 Å². The fraction of sp³-hybridized carbons (Fsp3) is 0.286. The summed E-state index contributed by atoms with van der Waals surface area (Å²) in [6.45, 7) is 0. The van der Waals surface area contributed by atoms with E-state index in [2.05, 4.69) is 0 Å². The first-order valence-corrected chi connectivity index (χ1v) is 6.43. The zero-order valence-electron chi connectivity index (χ0n) is 9.91. The summed E-state index contributed by atoms with van der Waals surface area (Å²) in [6, 6.07) is 7.24. The van der Waals surface area contributed by atoms with Gasteiger partial charge < -0.3 is 5.73 Å². The van der Waals surface area contributed by atoms with Gasteiger partial charge in [0.15, 0.2) is 5.78 Å². The van der Waals surface area contributed by atoms with Crippen LogP contribution in [0, 0.1) is 0 Å². The third-order valence-corrected chi connectivity index (χ3v) is 3.35. The van der Waals surface area contributed by atoms with Crippen LogP contribution in [-0.2, 0) is 4.79 Å². The van der Waals surface area contributed by atoms with Crippen LogP contribution in [0.4, 0.5) is 0 Å². The van der Waals surface area contributed by atoms with Crippen LogP contribution >= 0.6 is 11.6 Å². The van der Waals surface area contributed by atoms with E-state index in [1.54, 1.807) is 12.1 Å². The molecule has 0 atom stereocenters. The largest absolute Gasteiger partial charge is 0.365 e. The minimum atomic E-state index is -0.642. The lowest BCUT2D eigenvalue weighted by atomic mass is 10.00. The molecule has 0 heterocycles. The van der Waals surface area contributed by atoms with Crippen LogP contribution in [-0.4, -0.2) is 17.6 Å². The van der Waals surface area contributed by atoms with E-state index in [4.69, 9.17) is 17.3 Å². The van der Waals surface area contributed by atoms with E-state index in [-0.39, 0.29) is 11.4 Å². The quantitative estimate of drug-likeness (QED) is 0.504. The summed E-state index contributed by atoms with van der Waals surface area (Å²) in [7, 11) is 0. The molecular weight excluding hydrogens is 250 g/mol. The van der Waals surface area contributed by atoms with Crippen LogP contribution < -0.4 is 5.73 Å². The zero-order valence-corrected chi connectivity index (χ0v) is 10.7. The molecule has 1 aliphatic rings. The smallest absolute Gasteiger partial charge is 0.252 e. The van der Waals surface area contributed by atoms with Gasteiger partial charge in [-0.1, -0.05) is 24.3 Å². The fourth-order valence-corrected chi connectivity index (χ4v) is 2.46. The van der Waals surface area contributed by atoms with Gasteiger partial charge >= 0.3 is 0 Å². The number of benzene rings is 1. The Kier molecular flexibility index (Phi) is 3.82. The summed E-state index contributed by atoms with van der Waals surface area (Å²) < 4.78 is 0. The highest BCUT2D eigenvalue weighted by Gasteiger charge is 2.31. The fourth-order valence-electron chi connectivity index (χ4n) is 2.27. The minimum absolute atomic E-state index is 0.144. The van der Waals surface area contributed by atoms with Crippen LogP contribution in [0.15, 0.2) is 29.8 Å². The molecular formula is C14H14ClNO2. The highest BCUT2D eigenvalue weighted by molar-refractivity contribution is 6.34. The van der Waals surface area contributed by atoms with Gasteiger partial charge in [-0.2, -0.15) is 0 Å². The molecule has 0 aromatic heterocycles. The zero-order chi connectivity index (χ0) is 13.1. The molecule has 2 N–H and O–H groups in total. The number of unbranched alkanes of at least 4 members (excludes halogenated alkanes) is 1. The van der Waals surface area contributed by atoms with Crippen LogP contribution in [0.2, 0.25) is 0 Å². The molecule has 0 bridgehead atoms. The number of allylic oxidation sites excluding steroid dienone is 1. The lowest BCUT2D eigenvalue weighted by Gasteiger charge is -2.05. The van der Waals surface area contributed by atoms with Crippen LogP contribution in [0.5, 0.6) is 0 Å². The Hall–Kier alpha value is -1.61. The molecule has 0 spiro atoms. The maximum atomic E-state index is 12.1. The Bertz CT molecular complexity index is 534. The van der Waals surface area contributed by atoms with E-state index in [1.165, 1.54) is 0 Å². The number of hydrogen-bond acceptors (Lipinski definition) is 2. The molecule has 18 heavy (non-hydrogen) atoms. The molecule has 0 fully saturated rings. The first-order valence-electron chi connectivity index (χ1n) is 5.90. The molecule has 4 heteroatoms. The standard InChI is InChI=1S/C14H14ClNO2/c15-8-4-3-6-10-9-5-1-2-7-11(9)13(17)12(10)14(16)18/h1-2,5,7H,3-4,6,8H2,(H2,16,18). The third-order valence-electron chi connectivity index (χ3n) is 3.08. The Labute approximate surface area is 111 Å². The van der Waals surface area contributed by atoms with E-state index < -0.39 is 5.91 Å². The number of alkyl halides is 1. The number of Topliss-reactive ketones (excluding diaryl/α,β-unsaturated/α-hetero) is 1. The maximum absolute atomic E-state index is 12.1. The molecule has 0 radical (unpaired) electrons. The highest BCUT2D eigenvalue weighted by atomic mass is 35.5. The van der Waals surface area contributed by atoms with Crippen molar-refractivity contribution in [3.63, 3.8) is 0 Å². The van der Waals surface area contributed by atoms with E-state index in [0.717, 1.165) is 24.0 Å². The molecule has 94 valence electrons. The second kappa shape index (κ2) is 5.36. The summed E-state index contributed by atoms with van der Waals surface area (Å²) in [5, 5.41) is 0. The summed E-state index contributed by atoms with van der Waals surface area (Å²) in [5.74, 6) is -0.314. The van der Waals surface area contributed by atoms with Crippen LogP contribution in [0.3, 0.4) is 0 Å². The second-order valence-corrected chi connectivity index (χ2v) is 4.62. The lowest BCUT2D eigenvalue weighted by Crippen LogP contribution is -2.19. The number of rotatable bonds is 5. The van der Waals surface area contributed by atoms with Crippen molar-refractivity contribution >= 4 is 28.9 Å². The SMILES string of the molecule is NC(=O)C1=C(CCCCCl)c2ccccc2C1=O. The Morgan fingerprint density at radius 2 is 1.83 bits per heavy atom. The van der Waals surface area contributed by atoms with Crippen molar-refractivity contribution in [2.24, 2.45) is 5.73 Å². The van der Waals surface area contributed by atoms with Crippen molar-refractivity contribution in [3.05, 3.63) is 41.0 Å². The van der Waals surface area contributed by atoms with Gasteiger partial charge in [-0.05, 0) is 30.4 Å². The van der Waals surface area contributed by atoms with E-state index in [1.807, 2.05) is 12.1 Å². The van der Waals surface area contributed by atoms with Crippen LogP contribution in [0.1, 0.15) is 35.2 Å². The van der Waals surface area contributed by atoms with Crippen molar-refractivity contribution in [2.45, 2.75) is 19.3 Å². The Morgan fingerprint density at radius 3 is 2.44 bits per heavy atom. The number of halogens is 1. The van der Waals surface area contributed by atoms with Gasteiger partial charge in [0, 0.05) is 11.4 Å². The number of carbonyl (C=O) groups excluding carboxylic acids is 2. The highest BCUT2D eigenvalue weighted by Crippen LogP contribution is 2.35. The van der Waals surface area contributed by atoms with E-state index >= 15 is 0 Å². The van der Waals surface area contributed by atoms with Crippen LogP contribution in [0.25, 0.3) is 5.57 Å². The van der Waals surface area contributed by atoms with Gasteiger partial charge in [-0.15, -0.1) is 11.6 Å². The van der Waals surface area contributed by atoms with Gasteiger partial charge in [-0.25, -0.2) is 0 Å². The van der Waals surface area contributed by atoms with E-state index in [0.29, 0.717) is 17.9 Å². The maximum Gasteiger partial charge on any atom is 0.252 e. The average Bonchev–Trinajstić information content (AvgIpc) is 2.64. The van der Waals surface area contributed by atoms with Crippen molar-refractivity contribution < 1.29 is 9.59 Å². The number of primary amides is 1. The summed E-state index contributed by atoms with van der Waals surface area (Å²) >= 11 is 5.64. The number of fused-ring (bicyclic) bond motifs is 1. The molecule has 0 saturated carbocycles. The number of carbonyl (C=O) groups is 2. The molecule has 1 aliphatic carbocycles. The summed E-state index contributed by atoms with van der Waals surface area (Å²) in [6.07, 6.45) is 2.36. The predicted octanol–water partition coefficient (Wildman–Crippen LogP) is 2.53. The first kappa shape index (κ1) is 12.8. The number of ketones is 1. The molecule has 2 rings (SSSR count). The van der Waals surface area contributed by atoms with Crippen molar-refractivity contribution in [2.75, 3.05) is 5.88 Å². The molecule has 1 amide bonds. The first-order chi connectivity index (χ1) is 8.66.